The van der Waals surface area contributed by atoms with Crippen LogP contribution in [0.15, 0.2) is 54.6 Å². The normalized spacial score (nSPS) is 16.9. The Morgan fingerprint density at radius 2 is 1.53 bits per heavy atom. The number of carbonyl (C=O) groups is 3. The van der Waals surface area contributed by atoms with Crippen LogP contribution in [0.25, 0.3) is 22.0 Å². The van der Waals surface area contributed by atoms with Crippen LogP contribution < -0.4 is 19.5 Å². The largest absolute Gasteiger partial charge is 0.435 e. The van der Waals surface area contributed by atoms with Gasteiger partial charge in [0.2, 0.25) is 27.7 Å². The first-order chi connectivity index (χ1) is 41.5. The number of sulfone groups is 1. The molecule has 2 aliphatic carbocycles. The van der Waals surface area contributed by atoms with Crippen LogP contribution in [0.5, 0.6) is 5.75 Å². The predicted molar refractivity (Wildman–Crippen MR) is 309 cm³/mol. The third-order valence-corrected chi connectivity index (χ3v) is 19.2. The first kappa shape index (κ1) is 70.0. The average molecular weight is 1390 g/mol. The third kappa shape index (κ3) is 15.6. The number of anilines is 1. The molecule has 91 heavy (non-hydrogen) atoms. The Morgan fingerprint density at radius 1 is 0.901 bits per heavy atom. The summed E-state index contributed by atoms with van der Waals surface area (Å²) in [6, 6.07) is 6.87. The van der Waals surface area contributed by atoms with Crippen molar-refractivity contribution in [2.45, 2.75) is 114 Å². The van der Waals surface area contributed by atoms with Crippen LogP contribution in [0.1, 0.15) is 103 Å². The quantitative estimate of drug-likeness (QED) is 0.0270. The number of aromatic nitrogens is 5. The minimum atomic E-state index is -5.28. The van der Waals surface area contributed by atoms with E-state index in [9.17, 15) is 63.4 Å². The molecule has 5 N–H and O–H groups in total. The molecule has 0 bridgehead atoms. The van der Waals surface area contributed by atoms with Gasteiger partial charge in [0.1, 0.15) is 52.9 Å². The van der Waals surface area contributed by atoms with Gasteiger partial charge in [-0.05, 0) is 98.5 Å². The van der Waals surface area contributed by atoms with Crippen molar-refractivity contribution < 1.29 is 103 Å². The highest BCUT2D eigenvalue weighted by Crippen LogP contribution is 2.68. The molecule has 2 aliphatic rings. The van der Waals surface area contributed by atoms with Gasteiger partial charge in [-0.2, -0.15) is 49.6 Å². The summed E-state index contributed by atoms with van der Waals surface area (Å²) in [6.07, 6.45) is -13.3. The van der Waals surface area contributed by atoms with Crippen molar-refractivity contribution in [1.29, 1.82) is 0 Å². The Bertz CT molecular complexity index is 4390. The lowest BCUT2D eigenvalue weighted by Gasteiger charge is -2.32. The maximum Gasteiger partial charge on any atom is 0.435 e. The topological polar surface area (TPSA) is 299 Å². The van der Waals surface area contributed by atoms with Crippen molar-refractivity contribution in [3.05, 3.63) is 122 Å². The van der Waals surface area contributed by atoms with E-state index in [4.69, 9.17) is 16.1 Å². The molecule has 36 heteroatoms. The van der Waals surface area contributed by atoms with Gasteiger partial charge in [-0.3, -0.25) is 28.3 Å². The summed E-state index contributed by atoms with van der Waals surface area (Å²) in [5.41, 5.74) is -8.47. The molecule has 492 valence electrons. The number of hydrogen-bond acceptors (Lipinski definition) is 13. The summed E-state index contributed by atoms with van der Waals surface area (Å²) >= 11 is 6.82. The van der Waals surface area contributed by atoms with Crippen molar-refractivity contribution in [3.8, 4) is 28.7 Å². The van der Waals surface area contributed by atoms with Gasteiger partial charge in [0.15, 0.2) is 21.3 Å². The van der Waals surface area contributed by atoms with E-state index in [0.717, 1.165) is 49.3 Å². The number of carbonyl (C=O) groups excluding carboxylic acids is 3. The molecule has 3 amide bonds. The second kappa shape index (κ2) is 24.2. The predicted octanol–water partition coefficient (Wildman–Crippen LogP) is 9.25. The van der Waals surface area contributed by atoms with E-state index in [2.05, 4.69) is 32.3 Å². The number of aryl methyl sites for hydroxylation is 1. The molecular weight excluding hydrogens is 1330 g/mol. The molecule has 1 unspecified atom stereocenters. The number of pyridine rings is 1. The van der Waals surface area contributed by atoms with Gasteiger partial charge in [0.25, 0.3) is 5.92 Å². The Hall–Kier alpha value is -6.91. The Kier molecular flexibility index (Phi) is 18.6. The smallest absolute Gasteiger partial charge is 0.424 e. The zero-order valence-electron chi connectivity index (χ0n) is 48.9. The van der Waals surface area contributed by atoms with Crippen molar-refractivity contribution in [3.63, 3.8) is 0 Å². The lowest BCUT2D eigenvalue weighted by Crippen LogP contribution is -2.40. The van der Waals surface area contributed by atoms with Crippen molar-refractivity contribution in [1.82, 2.24) is 35.2 Å². The number of rotatable bonds is 20. The number of amides is 3. The van der Waals surface area contributed by atoms with E-state index in [0.29, 0.717) is 12.3 Å². The number of nitrogens with zero attached hydrogens (tertiary/aromatic N) is 6. The van der Waals surface area contributed by atoms with Crippen LogP contribution in [-0.4, -0.2) is 110 Å². The Labute approximate surface area is 517 Å². The average Bonchev–Trinajstić information content (AvgIpc) is 1.52. The monoisotopic (exact) mass is 1390 g/mol. The van der Waals surface area contributed by atoms with E-state index in [1.165, 1.54) is 46.8 Å². The number of fused-ring (bicyclic) bond motifs is 4. The zero-order valence-corrected chi connectivity index (χ0v) is 53.0. The first-order valence-corrected chi connectivity index (χ1v) is 34.7. The molecule has 0 radical (unpaired) electrons. The first-order valence-electron chi connectivity index (χ1n) is 26.7. The van der Waals surface area contributed by atoms with Crippen molar-refractivity contribution >= 4 is 81.1 Å². The minimum Gasteiger partial charge on any atom is -0.424 e. The maximum absolute atomic E-state index is 15.8. The SMILES string of the molecule is Cc1cc(CC(=O)NCP(=O)(O)O)c(C(C)(C)CC(=O)N(c2nn(CC(F)(F)F)c3c(-c4ccc(C#CC(C)(C)S(C)(=O)=O)nc4[C@H](Cc4cc(F)cc(F)c4)NC(=O)Cn4nc(C(F)(F)F)c5c4C(F)(F)[C@@H]4C[C@H]54)ccc(Cl)c23)S(C)(=O)=O)c(OP(C)(=O)O)c1. The van der Waals surface area contributed by atoms with Gasteiger partial charge in [-0.15, -0.1) is 0 Å². The fourth-order valence-corrected chi connectivity index (χ4v) is 13.1. The van der Waals surface area contributed by atoms with E-state index < -0.39 is 211 Å². The molecule has 8 rings (SSSR count). The molecule has 1 saturated carbocycles. The molecule has 21 nitrogen and oxygen atoms in total. The standard InChI is InChI=1S/C55H55ClF10N8O13P2S2/c1-27-15-29(20-40(75)67-26-89(80,81)82)45(39(16-27)87-88(6,78)79)51(2,3)23-42(77)74(91(8,85)86)50-44-37(56)12-11-34(47(44)73(71-50)25-53(59,60)61)33-10-9-32(13-14-52(4,5)90(7,83)84)68-46(33)38(19-28-17-30(57)21-31(58)18-28)69-41(76)24-72-49-43(48(70-72)55(64,65)66)35-22-36(35)54(49,62)63/h9-12,15-18,21,35-36,38H,19-20,22-26H2,1-8H3,(H,67,75)(H,69,76)(H,78,79)(H2,80,81,82)/t35-,36+,38-/m0/s1. The number of halogens is 11. The summed E-state index contributed by atoms with van der Waals surface area (Å²) in [7, 11) is -18.5. The number of hydrogen-bond donors (Lipinski definition) is 5. The highest BCUT2D eigenvalue weighted by Gasteiger charge is 2.68. The highest BCUT2D eigenvalue weighted by atomic mass is 35.5. The second-order valence-corrected chi connectivity index (χ2v) is 31.5. The Morgan fingerprint density at radius 3 is 2.10 bits per heavy atom. The van der Waals surface area contributed by atoms with Gasteiger partial charge >= 0.3 is 27.5 Å². The number of alkyl halides is 8. The summed E-state index contributed by atoms with van der Waals surface area (Å²) < 4.78 is 232. The number of sulfonamides is 1. The third-order valence-electron chi connectivity index (χ3n) is 14.8. The van der Waals surface area contributed by atoms with Crippen molar-refractivity contribution in [2.24, 2.45) is 5.92 Å². The molecule has 6 aromatic rings. The molecule has 3 aromatic heterocycles. The van der Waals surface area contributed by atoms with E-state index in [1.807, 2.05) is 5.32 Å². The van der Waals surface area contributed by atoms with E-state index in [-0.39, 0.29) is 48.0 Å². The number of nitrogens with one attached hydrogen (secondary N) is 2. The van der Waals surface area contributed by atoms with Crippen LogP contribution in [-0.2, 0) is 86.8 Å². The van der Waals surface area contributed by atoms with Crippen LogP contribution >= 0.6 is 26.8 Å². The molecule has 0 spiro atoms. The molecular formula is C55H55ClF10N8O13P2S2. The summed E-state index contributed by atoms with van der Waals surface area (Å²) in [5, 5.41) is 10.5. The van der Waals surface area contributed by atoms with Crippen LogP contribution in [0.4, 0.5) is 49.7 Å². The summed E-state index contributed by atoms with van der Waals surface area (Å²) in [6.45, 7) is 3.72. The van der Waals surface area contributed by atoms with Gasteiger partial charge in [-0.1, -0.05) is 43.5 Å². The van der Waals surface area contributed by atoms with E-state index >= 15 is 35.5 Å². The van der Waals surface area contributed by atoms with Crippen LogP contribution in [0, 0.1) is 36.3 Å². The molecule has 4 atom stereocenters. The molecule has 1 fully saturated rings. The molecule has 3 aromatic carbocycles. The van der Waals surface area contributed by atoms with Crippen LogP contribution in [0.3, 0.4) is 0 Å². The van der Waals surface area contributed by atoms with Gasteiger partial charge in [0, 0.05) is 59.0 Å². The number of benzene rings is 3. The zero-order chi connectivity index (χ0) is 68.1. The highest BCUT2D eigenvalue weighted by molar-refractivity contribution is 7.93. The lowest BCUT2D eigenvalue weighted by molar-refractivity contribution is -0.143. The molecule has 3 heterocycles. The summed E-state index contributed by atoms with van der Waals surface area (Å²) in [5.74, 6) is -9.48. The fraction of sp³-hybridized carbons (Fsp3) is 0.418. The maximum atomic E-state index is 15.8. The Balaban J connectivity index is 1.34. The fourth-order valence-electron chi connectivity index (χ4n) is 10.8. The van der Waals surface area contributed by atoms with E-state index in [1.54, 1.807) is 0 Å². The molecule has 0 aliphatic heterocycles. The van der Waals surface area contributed by atoms with Gasteiger partial charge in [0.05, 0.1) is 40.3 Å². The van der Waals surface area contributed by atoms with Gasteiger partial charge < -0.3 is 29.8 Å². The molecule has 0 saturated heterocycles. The lowest BCUT2D eigenvalue weighted by atomic mass is 9.77. The second-order valence-electron chi connectivity index (χ2n) is 23.3. The van der Waals surface area contributed by atoms with Gasteiger partial charge in [-0.25, -0.2) is 35.2 Å². The van der Waals surface area contributed by atoms with Crippen molar-refractivity contribution in [2.75, 3.05) is 29.8 Å². The summed E-state index contributed by atoms with van der Waals surface area (Å²) in [4.78, 5) is 76.4. The minimum absolute atomic E-state index is 0.0103. The van der Waals surface area contributed by atoms with Crippen LogP contribution in [0.2, 0.25) is 5.02 Å².